The van der Waals surface area contributed by atoms with Crippen LogP contribution in [0.5, 0.6) is 5.75 Å². The van der Waals surface area contributed by atoms with Crippen molar-refractivity contribution in [2.24, 2.45) is 0 Å². The van der Waals surface area contributed by atoms with Crippen LogP contribution in [0.4, 0.5) is 5.69 Å². The normalized spacial score (nSPS) is 12.1. The topological polar surface area (TPSA) is 66.0 Å². The van der Waals surface area contributed by atoms with Crippen molar-refractivity contribution < 1.29 is 9.48 Å². The first-order valence-corrected chi connectivity index (χ1v) is 8.60. The first-order valence-electron chi connectivity index (χ1n) is 8.22. The standard InChI is InChI=1S/C20H15ClN4O2/c1-27-17-12-6-14(7-13-17)20(25(26)16-10-8-15(21)9-11-16)24-19-5-3-2-4-18(19)22-23-24/h2-13H,1H3/b25-20+. The largest absolute Gasteiger partial charge is 0.710 e. The number of hydrogen-bond acceptors (Lipinski definition) is 4. The third kappa shape index (κ3) is 3.22. The molecule has 3 aromatic carbocycles. The minimum absolute atomic E-state index is 0.327. The van der Waals surface area contributed by atoms with Gasteiger partial charge in [-0.2, -0.15) is 0 Å². The fourth-order valence-corrected chi connectivity index (χ4v) is 2.92. The molecule has 0 saturated carbocycles. The minimum atomic E-state index is 0.327. The zero-order valence-corrected chi connectivity index (χ0v) is 15.2. The number of halogens is 1. The van der Waals surface area contributed by atoms with Gasteiger partial charge in [-0.25, -0.2) is 4.74 Å². The molecule has 4 rings (SSSR count). The van der Waals surface area contributed by atoms with Crippen molar-refractivity contribution in [1.82, 2.24) is 15.0 Å². The van der Waals surface area contributed by atoms with Gasteiger partial charge in [0.1, 0.15) is 17.0 Å². The lowest BCUT2D eigenvalue weighted by atomic mass is 10.2. The van der Waals surface area contributed by atoms with E-state index >= 15 is 0 Å². The second-order valence-corrected chi connectivity index (χ2v) is 6.25. The van der Waals surface area contributed by atoms with Gasteiger partial charge in [0.2, 0.25) is 0 Å². The zero-order chi connectivity index (χ0) is 18.8. The molecule has 1 heterocycles. The molecule has 0 radical (unpaired) electrons. The molecule has 7 heteroatoms. The first kappa shape index (κ1) is 17.1. The molecule has 134 valence electrons. The Morgan fingerprint density at radius 3 is 2.41 bits per heavy atom. The molecule has 0 unspecified atom stereocenters. The molecule has 0 bridgehead atoms. The monoisotopic (exact) mass is 378 g/mol. The first-order chi connectivity index (χ1) is 13.2. The van der Waals surface area contributed by atoms with Crippen molar-refractivity contribution in [2.45, 2.75) is 0 Å². The van der Waals surface area contributed by atoms with E-state index in [1.807, 2.05) is 36.4 Å². The van der Waals surface area contributed by atoms with E-state index in [-0.39, 0.29) is 0 Å². The number of benzene rings is 3. The summed E-state index contributed by atoms with van der Waals surface area (Å²) < 4.78 is 7.58. The summed E-state index contributed by atoms with van der Waals surface area (Å²) in [5.74, 6) is 1.03. The number of methoxy groups -OCH3 is 1. The third-order valence-corrected chi connectivity index (χ3v) is 4.41. The third-order valence-electron chi connectivity index (χ3n) is 4.15. The molecule has 1 aromatic heterocycles. The van der Waals surface area contributed by atoms with Crippen LogP contribution in [0.1, 0.15) is 5.56 Å². The summed E-state index contributed by atoms with van der Waals surface area (Å²) in [6.07, 6.45) is 0. The van der Waals surface area contributed by atoms with Gasteiger partial charge in [-0.1, -0.05) is 28.4 Å². The van der Waals surface area contributed by atoms with Gasteiger partial charge in [0.15, 0.2) is 5.52 Å². The molecule has 0 amide bonds. The number of rotatable bonds is 3. The number of fused-ring (bicyclic) bond motifs is 1. The Balaban J connectivity index is 1.97. The molecule has 0 atom stereocenters. The SMILES string of the molecule is COc1ccc(/C(n2nnc3ccccc32)=[N+](\[O-])c2ccc(Cl)cc2)cc1. The Morgan fingerprint density at radius 1 is 1.00 bits per heavy atom. The van der Waals surface area contributed by atoms with E-state index in [2.05, 4.69) is 10.3 Å². The van der Waals surface area contributed by atoms with Crippen LogP contribution in [0.2, 0.25) is 5.02 Å². The summed E-state index contributed by atoms with van der Waals surface area (Å²) in [7, 11) is 1.60. The van der Waals surface area contributed by atoms with E-state index < -0.39 is 0 Å². The number of para-hydroxylation sites is 1. The van der Waals surface area contributed by atoms with Crippen LogP contribution < -0.4 is 4.74 Å². The van der Waals surface area contributed by atoms with Gasteiger partial charge in [0.05, 0.1) is 12.7 Å². The average Bonchev–Trinajstić information content (AvgIpc) is 3.13. The van der Waals surface area contributed by atoms with Gasteiger partial charge < -0.3 is 9.94 Å². The molecule has 27 heavy (non-hydrogen) atoms. The van der Waals surface area contributed by atoms with Crippen molar-refractivity contribution >= 4 is 34.2 Å². The molecule has 4 aromatic rings. The summed E-state index contributed by atoms with van der Waals surface area (Å²) in [6.45, 7) is 0. The average molecular weight is 379 g/mol. The summed E-state index contributed by atoms with van der Waals surface area (Å²) in [5, 5.41) is 22.2. The molecule has 0 aliphatic heterocycles. The van der Waals surface area contributed by atoms with Gasteiger partial charge in [-0.15, -0.1) is 5.10 Å². The smallest absolute Gasteiger partial charge is 0.319 e. The Kier molecular flexibility index (Phi) is 4.48. The second kappa shape index (κ2) is 7.09. The number of hydrogen-bond donors (Lipinski definition) is 0. The molecule has 0 N–H and O–H groups in total. The highest BCUT2D eigenvalue weighted by molar-refractivity contribution is 6.30. The summed E-state index contributed by atoms with van der Waals surface area (Å²) in [6, 6.07) is 21.4. The molecule has 0 fully saturated rings. The van der Waals surface area contributed by atoms with E-state index in [1.54, 1.807) is 48.2 Å². The van der Waals surface area contributed by atoms with E-state index in [1.165, 1.54) is 0 Å². The fraction of sp³-hybridized carbons (Fsp3) is 0.0500. The highest BCUT2D eigenvalue weighted by Crippen LogP contribution is 2.21. The van der Waals surface area contributed by atoms with Gasteiger partial charge in [0.25, 0.3) is 0 Å². The Labute approximate surface area is 160 Å². The molecule has 0 saturated heterocycles. The lowest BCUT2D eigenvalue weighted by molar-refractivity contribution is -0.363. The van der Waals surface area contributed by atoms with Crippen LogP contribution in [-0.4, -0.2) is 32.7 Å². The number of ether oxygens (including phenoxy) is 1. The maximum Gasteiger partial charge on any atom is 0.319 e. The Morgan fingerprint density at radius 2 is 1.70 bits per heavy atom. The highest BCUT2D eigenvalue weighted by Gasteiger charge is 2.23. The molecule has 0 spiro atoms. The maximum absolute atomic E-state index is 13.3. The Hall–Kier alpha value is -3.38. The van der Waals surface area contributed by atoms with Crippen molar-refractivity contribution in [3.8, 4) is 5.75 Å². The van der Waals surface area contributed by atoms with Gasteiger partial charge in [-0.05, 0) is 60.7 Å². The quantitative estimate of drug-likeness (QED) is 0.176. The van der Waals surface area contributed by atoms with E-state index in [0.29, 0.717) is 33.4 Å². The maximum atomic E-state index is 13.3. The fourth-order valence-electron chi connectivity index (χ4n) is 2.79. The van der Waals surface area contributed by atoms with Crippen molar-refractivity contribution in [2.75, 3.05) is 7.11 Å². The van der Waals surface area contributed by atoms with Crippen LogP contribution in [0.25, 0.3) is 11.0 Å². The van der Waals surface area contributed by atoms with Gasteiger partial charge in [-0.3, -0.25) is 0 Å². The van der Waals surface area contributed by atoms with E-state index in [9.17, 15) is 5.21 Å². The zero-order valence-electron chi connectivity index (χ0n) is 14.4. The summed E-state index contributed by atoms with van der Waals surface area (Å²) in [4.78, 5) is 0. The summed E-state index contributed by atoms with van der Waals surface area (Å²) >= 11 is 5.96. The summed E-state index contributed by atoms with van der Waals surface area (Å²) in [5.41, 5.74) is 2.55. The van der Waals surface area contributed by atoms with Gasteiger partial charge in [0, 0.05) is 10.2 Å². The number of aromatic nitrogens is 3. The Bertz CT molecular complexity index is 1120. The highest BCUT2D eigenvalue weighted by atomic mass is 35.5. The van der Waals surface area contributed by atoms with Crippen LogP contribution in [0, 0.1) is 5.21 Å². The predicted molar refractivity (Wildman–Crippen MR) is 105 cm³/mol. The van der Waals surface area contributed by atoms with Crippen LogP contribution in [0.3, 0.4) is 0 Å². The van der Waals surface area contributed by atoms with Gasteiger partial charge >= 0.3 is 5.84 Å². The predicted octanol–water partition coefficient (Wildman–Crippen LogP) is 4.23. The molecule has 6 nitrogen and oxygen atoms in total. The minimum Gasteiger partial charge on any atom is -0.710 e. The van der Waals surface area contributed by atoms with Crippen molar-refractivity contribution in [1.29, 1.82) is 0 Å². The van der Waals surface area contributed by atoms with Crippen molar-refractivity contribution in [3.05, 3.63) is 88.6 Å². The second-order valence-electron chi connectivity index (χ2n) is 5.81. The van der Waals surface area contributed by atoms with Crippen LogP contribution in [-0.2, 0) is 0 Å². The van der Waals surface area contributed by atoms with Crippen LogP contribution in [0.15, 0.2) is 72.8 Å². The molecular formula is C20H15ClN4O2. The lowest BCUT2D eigenvalue weighted by Gasteiger charge is -2.14. The molecular weight excluding hydrogens is 364 g/mol. The van der Waals surface area contributed by atoms with E-state index in [4.69, 9.17) is 16.3 Å². The van der Waals surface area contributed by atoms with E-state index in [0.717, 1.165) is 10.3 Å². The number of nitrogens with zero attached hydrogens (tertiary/aromatic N) is 4. The lowest BCUT2D eigenvalue weighted by Crippen LogP contribution is -2.23. The molecule has 0 aliphatic rings. The molecule has 0 aliphatic carbocycles. The van der Waals surface area contributed by atoms with Crippen molar-refractivity contribution in [3.63, 3.8) is 0 Å². The van der Waals surface area contributed by atoms with Crippen LogP contribution >= 0.6 is 11.6 Å².